The fraction of sp³-hybridized carbons (Fsp3) is 0.188. The van der Waals surface area contributed by atoms with Gasteiger partial charge >= 0.3 is 35.5 Å². The number of esters is 1. The predicted molar refractivity (Wildman–Crippen MR) is 78.1 cm³/mol. The summed E-state index contributed by atoms with van der Waals surface area (Å²) in [7, 11) is 3.03. The van der Waals surface area contributed by atoms with Gasteiger partial charge in [-0.25, -0.2) is 4.79 Å². The van der Waals surface area contributed by atoms with Crippen molar-refractivity contribution in [2.45, 2.75) is 6.92 Å². The van der Waals surface area contributed by atoms with Gasteiger partial charge in [-0.2, -0.15) is 0 Å². The molecule has 2 aromatic rings. The molecule has 5 heteroatoms. The molecular weight excluding hydrogens is 279 g/mol. The van der Waals surface area contributed by atoms with Crippen molar-refractivity contribution in [1.82, 2.24) is 0 Å². The Morgan fingerprint density at radius 3 is 2.29 bits per heavy atom. The Kier molecular flexibility index (Phi) is 8.29. The quantitative estimate of drug-likeness (QED) is 0.463. The van der Waals surface area contributed by atoms with Crippen molar-refractivity contribution in [2.75, 3.05) is 14.2 Å². The van der Waals surface area contributed by atoms with Crippen LogP contribution in [0.1, 0.15) is 12.5 Å². The Morgan fingerprint density at radius 2 is 1.67 bits per heavy atom. The number of ether oxygens (including phenoxy) is 2. The number of benzene rings is 2. The first-order chi connectivity index (χ1) is 9.13. The summed E-state index contributed by atoms with van der Waals surface area (Å²) in [6, 6.07) is 12.0. The van der Waals surface area contributed by atoms with Crippen LogP contribution >= 0.6 is 0 Å². The molecule has 1 N–H and O–H groups in total. The molecule has 0 saturated heterocycles. The molecule has 0 aliphatic rings. The van der Waals surface area contributed by atoms with Crippen molar-refractivity contribution in [2.24, 2.45) is 0 Å². The van der Waals surface area contributed by atoms with Gasteiger partial charge < -0.3 is 14.9 Å². The van der Waals surface area contributed by atoms with Crippen molar-refractivity contribution < 1.29 is 49.3 Å². The van der Waals surface area contributed by atoms with Crippen LogP contribution < -0.4 is 34.3 Å². The Bertz CT molecular complexity index is 650. The molecule has 0 spiro atoms. The normalized spacial score (nSPS) is 10.3. The molecule has 0 aromatic heterocycles. The first-order valence-corrected chi connectivity index (χ1v) is 5.98. The Labute approximate surface area is 146 Å². The third-order valence-corrected chi connectivity index (χ3v) is 3.04. The smallest absolute Gasteiger partial charge is 0.870 e. The molecule has 106 valence electrons. The van der Waals surface area contributed by atoms with E-state index in [9.17, 15) is 4.79 Å². The van der Waals surface area contributed by atoms with Crippen LogP contribution in [-0.2, 0) is 9.53 Å². The topological polar surface area (TPSA) is 65.5 Å². The third kappa shape index (κ3) is 4.86. The minimum atomic E-state index is -0.340. The molecular formula is C16H17NaO4. The van der Waals surface area contributed by atoms with E-state index in [2.05, 4.69) is 4.74 Å². The zero-order valence-corrected chi connectivity index (χ0v) is 14.7. The van der Waals surface area contributed by atoms with Crippen molar-refractivity contribution in [1.29, 1.82) is 0 Å². The second-order valence-corrected chi connectivity index (χ2v) is 4.28. The van der Waals surface area contributed by atoms with Crippen LogP contribution in [0.4, 0.5) is 0 Å². The number of fused-ring (bicyclic) bond motifs is 1. The van der Waals surface area contributed by atoms with Gasteiger partial charge in [0.05, 0.1) is 14.2 Å². The first-order valence-electron chi connectivity index (χ1n) is 5.98. The van der Waals surface area contributed by atoms with Crippen LogP contribution in [0.3, 0.4) is 0 Å². The van der Waals surface area contributed by atoms with Crippen molar-refractivity contribution in [3.63, 3.8) is 0 Å². The molecule has 0 amide bonds. The molecule has 0 saturated carbocycles. The maximum Gasteiger partial charge on any atom is 1.00 e. The Balaban J connectivity index is 0.00000200. The minimum Gasteiger partial charge on any atom is -0.870 e. The number of hydrogen-bond acceptors (Lipinski definition) is 4. The van der Waals surface area contributed by atoms with Gasteiger partial charge in [-0.05, 0) is 47.0 Å². The van der Waals surface area contributed by atoms with Crippen molar-refractivity contribution in [3.05, 3.63) is 48.0 Å². The van der Waals surface area contributed by atoms with Gasteiger partial charge in [0.25, 0.3) is 0 Å². The van der Waals surface area contributed by atoms with Crippen molar-refractivity contribution in [3.8, 4) is 5.75 Å². The van der Waals surface area contributed by atoms with E-state index in [-0.39, 0.29) is 41.0 Å². The number of rotatable bonds is 3. The van der Waals surface area contributed by atoms with E-state index >= 15 is 0 Å². The summed E-state index contributed by atoms with van der Waals surface area (Å²) in [4.78, 5) is 11.2. The molecule has 0 aliphatic heterocycles. The summed E-state index contributed by atoms with van der Waals surface area (Å²) in [5.74, 6) is 0.495. The number of carbonyl (C=O) groups is 1. The average molecular weight is 296 g/mol. The van der Waals surface area contributed by atoms with Gasteiger partial charge in [0, 0.05) is 6.08 Å². The Hall–Kier alpha value is -1.33. The summed E-state index contributed by atoms with van der Waals surface area (Å²) in [5, 5.41) is 2.21. The number of hydrogen-bond donors (Lipinski definition) is 0. The molecule has 4 nitrogen and oxygen atoms in total. The van der Waals surface area contributed by atoms with E-state index in [1.807, 2.05) is 43.3 Å². The fourth-order valence-electron chi connectivity index (χ4n) is 1.92. The minimum absolute atomic E-state index is 0. The Morgan fingerprint density at radius 1 is 1.05 bits per heavy atom. The largest absolute Gasteiger partial charge is 1.00 e. The number of allylic oxidation sites excluding steroid dienone is 1. The van der Waals surface area contributed by atoms with Crippen LogP contribution in [0.2, 0.25) is 0 Å². The second-order valence-electron chi connectivity index (χ2n) is 4.28. The van der Waals surface area contributed by atoms with E-state index in [0.29, 0.717) is 0 Å². The number of carbonyl (C=O) groups excluding carboxylic acids is 1. The standard InChI is InChI=1S/C16H16O3.Na.H2O/c1-11(8-16(17)19-3)12-4-5-14-10-15(18-2)7-6-13(14)9-12;;/h4-10H,1-3H3;;1H2/q;+1;/p-1. The molecule has 0 fully saturated rings. The summed E-state index contributed by atoms with van der Waals surface area (Å²) in [5.41, 5.74) is 1.88. The van der Waals surface area contributed by atoms with E-state index in [1.54, 1.807) is 7.11 Å². The van der Waals surface area contributed by atoms with Gasteiger partial charge in [-0.15, -0.1) is 0 Å². The molecule has 0 aliphatic carbocycles. The van der Waals surface area contributed by atoms with Crippen LogP contribution in [0.25, 0.3) is 16.3 Å². The van der Waals surface area contributed by atoms with Gasteiger partial charge in [-0.1, -0.05) is 18.2 Å². The maximum absolute atomic E-state index is 11.2. The average Bonchev–Trinajstić information content (AvgIpc) is 2.45. The fourth-order valence-corrected chi connectivity index (χ4v) is 1.92. The van der Waals surface area contributed by atoms with Gasteiger partial charge in [0.2, 0.25) is 0 Å². The SMILES string of the molecule is COC(=O)C=C(C)c1ccc2cc(OC)ccc2c1.[Na+].[OH-]. The van der Waals surface area contributed by atoms with Gasteiger partial charge in [-0.3, -0.25) is 0 Å². The summed E-state index contributed by atoms with van der Waals surface area (Å²) < 4.78 is 9.82. The molecule has 2 aromatic carbocycles. The summed E-state index contributed by atoms with van der Waals surface area (Å²) in [6.45, 7) is 1.89. The van der Waals surface area contributed by atoms with E-state index in [0.717, 1.165) is 27.7 Å². The zero-order valence-electron chi connectivity index (χ0n) is 12.7. The zero-order chi connectivity index (χ0) is 13.8. The van der Waals surface area contributed by atoms with Gasteiger partial charge in [0.1, 0.15) is 5.75 Å². The third-order valence-electron chi connectivity index (χ3n) is 3.04. The summed E-state index contributed by atoms with van der Waals surface area (Å²) >= 11 is 0. The van der Waals surface area contributed by atoms with Crippen LogP contribution in [0.15, 0.2) is 42.5 Å². The van der Waals surface area contributed by atoms with Gasteiger partial charge in [0.15, 0.2) is 0 Å². The molecule has 0 atom stereocenters. The molecule has 2 rings (SSSR count). The molecule has 0 unspecified atom stereocenters. The van der Waals surface area contributed by atoms with E-state index < -0.39 is 0 Å². The predicted octanol–water partition coefficient (Wildman–Crippen LogP) is 0.252. The van der Waals surface area contributed by atoms with Crippen LogP contribution in [0.5, 0.6) is 5.75 Å². The first kappa shape index (κ1) is 19.7. The molecule has 21 heavy (non-hydrogen) atoms. The monoisotopic (exact) mass is 296 g/mol. The molecule has 0 radical (unpaired) electrons. The maximum atomic E-state index is 11.2. The molecule has 0 heterocycles. The van der Waals surface area contributed by atoms with E-state index in [4.69, 9.17) is 4.74 Å². The van der Waals surface area contributed by atoms with E-state index in [1.165, 1.54) is 13.2 Å². The number of methoxy groups -OCH3 is 2. The van der Waals surface area contributed by atoms with Crippen LogP contribution in [0, 0.1) is 0 Å². The van der Waals surface area contributed by atoms with Crippen LogP contribution in [-0.4, -0.2) is 25.7 Å². The summed E-state index contributed by atoms with van der Waals surface area (Å²) in [6.07, 6.45) is 1.49. The second kappa shape index (κ2) is 8.85. The van der Waals surface area contributed by atoms with Crippen molar-refractivity contribution >= 4 is 22.3 Å². The molecule has 0 bridgehead atoms.